The van der Waals surface area contributed by atoms with Crippen molar-refractivity contribution in [3.63, 3.8) is 0 Å². The van der Waals surface area contributed by atoms with Gasteiger partial charge in [-0.05, 0) is 18.2 Å². The highest BCUT2D eigenvalue weighted by Gasteiger charge is 2.19. The smallest absolute Gasteiger partial charge is 0.238 e. The van der Waals surface area contributed by atoms with Crippen LogP contribution in [-0.4, -0.2) is 41.4 Å². The third kappa shape index (κ3) is 4.30. The van der Waals surface area contributed by atoms with Crippen LogP contribution >= 0.6 is 23.4 Å². The van der Waals surface area contributed by atoms with Crippen LogP contribution < -0.4 is 11.1 Å². The summed E-state index contributed by atoms with van der Waals surface area (Å²) in [6.07, 6.45) is 0. The van der Waals surface area contributed by atoms with Crippen LogP contribution in [-0.2, 0) is 4.79 Å². The first-order valence-electron chi connectivity index (χ1n) is 6.23. The van der Waals surface area contributed by atoms with Crippen LogP contribution in [0.2, 0.25) is 5.02 Å². The molecule has 0 saturated carbocycles. The molecule has 1 amide bonds. The van der Waals surface area contributed by atoms with Gasteiger partial charge in [-0.3, -0.25) is 9.69 Å². The van der Waals surface area contributed by atoms with Gasteiger partial charge < -0.3 is 11.1 Å². The Morgan fingerprint density at radius 3 is 3.16 bits per heavy atom. The van der Waals surface area contributed by atoms with Gasteiger partial charge >= 0.3 is 0 Å². The van der Waals surface area contributed by atoms with Gasteiger partial charge in [-0.1, -0.05) is 18.5 Å². The van der Waals surface area contributed by atoms with E-state index in [1.165, 1.54) is 0 Å². The molecule has 4 nitrogen and oxygen atoms in total. The van der Waals surface area contributed by atoms with E-state index in [1.54, 1.807) is 18.2 Å². The van der Waals surface area contributed by atoms with Gasteiger partial charge in [-0.15, -0.1) is 0 Å². The van der Waals surface area contributed by atoms with Gasteiger partial charge in [0.25, 0.3) is 0 Å². The number of nitrogens with zero attached hydrogens (tertiary/aromatic N) is 1. The van der Waals surface area contributed by atoms with Crippen LogP contribution in [0.3, 0.4) is 0 Å². The van der Waals surface area contributed by atoms with E-state index in [1.807, 2.05) is 11.8 Å². The SMILES string of the molecule is CC1CN(CC(=O)Nc2cc(Cl)ccc2N)CCS1. The van der Waals surface area contributed by atoms with Crippen molar-refractivity contribution in [3.8, 4) is 0 Å². The highest BCUT2D eigenvalue weighted by atomic mass is 35.5. The van der Waals surface area contributed by atoms with E-state index < -0.39 is 0 Å². The number of halogens is 1. The lowest BCUT2D eigenvalue weighted by Gasteiger charge is -2.29. The molecule has 0 bridgehead atoms. The summed E-state index contributed by atoms with van der Waals surface area (Å²) in [6.45, 7) is 4.48. The molecule has 1 aliphatic heterocycles. The minimum atomic E-state index is -0.0481. The van der Waals surface area contributed by atoms with Crippen molar-refractivity contribution >= 4 is 40.6 Å². The van der Waals surface area contributed by atoms with E-state index in [2.05, 4.69) is 17.1 Å². The van der Waals surface area contributed by atoms with Crippen molar-refractivity contribution in [3.05, 3.63) is 23.2 Å². The molecule has 0 aliphatic carbocycles. The zero-order valence-corrected chi connectivity index (χ0v) is 12.4. The van der Waals surface area contributed by atoms with Gasteiger partial charge in [-0.2, -0.15) is 11.8 Å². The minimum absolute atomic E-state index is 0.0481. The summed E-state index contributed by atoms with van der Waals surface area (Å²) in [4.78, 5) is 14.2. The van der Waals surface area contributed by atoms with Gasteiger partial charge in [0.2, 0.25) is 5.91 Å². The summed E-state index contributed by atoms with van der Waals surface area (Å²) in [5.74, 6) is 1.03. The van der Waals surface area contributed by atoms with Gasteiger partial charge in [0.05, 0.1) is 17.9 Å². The molecule has 1 unspecified atom stereocenters. The summed E-state index contributed by atoms with van der Waals surface area (Å²) in [5.41, 5.74) is 6.91. The fourth-order valence-electron chi connectivity index (χ4n) is 2.06. The second-order valence-corrected chi connectivity index (χ2v) is 6.68. The van der Waals surface area contributed by atoms with Crippen molar-refractivity contribution in [1.29, 1.82) is 0 Å². The van der Waals surface area contributed by atoms with E-state index in [0.29, 0.717) is 28.2 Å². The van der Waals surface area contributed by atoms with Crippen LogP contribution in [0.1, 0.15) is 6.92 Å². The van der Waals surface area contributed by atoms with Crippen LogP contribution in [0.5, 0.6) is 0 Å². The van der Waals surface area contributed by atoms with Crippen LogP contribution in [0.4, 0.5) is 11.4 Å². The predicted molar refractivity (Wildman–Crippen MR) is 82.9 cm³/mol. The number of anilines is 2. The van der Waals surface area contributed by atoms with Crippen molar-refractivity contribution in [1.82, 2.24) is 4.90 Å². The summed E-state index contributed by atoms with van der Waals surface area (Å²) in [7, 11) is 0. The first kappa shape index (κ1) is 14.5. The molecule has 1 aliphatic rings. The van der Waals surface area contributed by atoms with Crippen LogP contribution in [0.25, 0.3) is 0 Å². The number of nitrogens with two attached hydrogens (primary N) is 1. The Labute approximate surface area is 122 Å². The summed E-state index contributed by atoms with van der Waals surface area (Å²) in [5, 5.41) is 3.96. The van der Waals surface area contributed by atoms with Crippen LogP contribution in [0.15, 0.2) is 18.2 Å². The normalized spacial score (nSPS) is 20.2. The number of benzene rings is 1. The fraction of sp³-hybridized carbons (Fsp3) is 0.462. The monoisotopic (exact) mass is 299 g/mol. The average Bonchev–Trinajstić information content (AvgIpc) is 2.34. The molecule has 2 rings (SSSR count). The number of amides is 1. The molecule has 0 radical (unpaired) electrons. The lowest BCUT2D eigenvalue weighted by Crippen LogP contribution is -2.41. The number of thioether (sulfide) groups is 1. The number of carbonyl (C=O) groups is 1. The second-order valence-electron chi connectivity index (χ2n) is 4.70. The Hall–Kier alpha value is -0.910. The predicted octanol–water partition coefficient (Wildman–Crippen LogP) is 2.30. The molecule has 1 aromatic carbocycles. The van der Waals surface area contributed by atoms with E-state index >= 15 is 0 Å². The number of nitrogens with one attached hydrogen (secondary N) is 1. The van der Waals surface area contributed by atoms with Gasteiger partial charge in [0.1, 0.15) is 0 Å². The highest BCUT2D eigenvalue weighted by molar-refractivity contribution is 7.99. The minimum Gasteiger partial charge on any atom is -0.397 e. The number of carbonyl (C=O) groups excluding carboxylic acids is 1. The number of hydrogen-bond donors (Lipinski definition) is 2. The molecule has 3 N–H and O–H groups in total. The lowest BCUT2D eigenvalue weighted by molar-refractivity contribution is -0.117. The summed E-state index contributed by atoms with van der Waals surface area (Å²) < 4.78 is 0. The largest absolute Gasteiger partial charge is 0.397 e. The molecule has 1 atom stereocenters. The molecule has 1 saturated heterocycles. The molecule has 104 valence electrons. The van der Waals surface area contributed by atoms with E-state index in [9.17, 15) is 4.79 Å². The maximum Gasteiger partial charge on any atom is 0.238 e. The van der Waals surface area contributed by atoms with Gasteiger partial charge in [0.15, 0.2) is 0 Å². The zero-order valence-electron chi connectivity index (χ0n) is 10.9. The highest BCUT2D eigenvalue weighted by Crippen LogP contribution is 2.23. The molecule has 19 heavy (non-hydrogen) atoms. The molecule has 1 fully saturated rings. The first-order valence-corrected chi connectivity index (χ1v) is 7.66. The Morgan fingerprint density at radius 2 is 2.42 bits per heavy atom. The van der Waals surface area contributed by atoms with E-state index in [0.717, 1.165) is 18.8 Å². The van der Waals surface area contributed by atoms with Crippen molar-refractivity contribution in [2.45, 2.75) is 12.2 Å². The van der Waals surface area contributed by atoms with Crippen molar-refractivity contribution < 1.29 is 4.79 Å². The number of hydrogen-bond acceptors (Lipinski definition) is 4. The molecule has 0 aromatic heterocycles. The Kier molecular flexibility index (Phi) is 4.96. The maximum absolute atomic E-state index is 12.0. The van der Waals surface area contributed by atoms with E-state index in [4.69, 9.17) is 17.3 Å². The topological polar surface area (TPSA) is 58.4 Å². The van der Waals surface area contributed by atoms with Crippen molar-refractivity contribution in [2.24, 2.45) is 0 Å². The molecular weight excluding hydrogens is 282 g/mol. The third-order valence-corrected chi connectivity index (χ3v) is 4.35. The fourth-order valence-corrected chi connectivity index (χ4v) is 3.32. The number of rotatable bonds is 3. The quantitative estimate of drug-likeness (QED) is 0.841. The molecular formula is C13H18ClN3OS. The standard InChI is InChI=1S/C13H18ClN3OS/c1-9-7-17(4-5-19-9)8-13(18)16-12-6-10(14)2-3-11(12)15/h2-3,6,9H,4-5,7-8,15H2,1H3,(H,16,18). The molecule has 0 spiro atoms. The van der Waals surface area contributed by atoms with E-state index in [-0.39, 0.29) is 5.91 Å². The second kappa shape index (κ2) is 6.50. The Bertz CT molecular complexity index is 469. The van der Waals surface area contributed by atoms with Gasteiger partial charge in [0, 0.05) is 29.1 Å². The van der Waals surface area contributed by atoms with Crippen molar-refractivity contribution in [2.75, 3.05) is 36.4 Å². The first-order chi connectivity index (χ1) is 9.04. The number of nitrogen functional groups attached to an aromatic ring is 1. The third-order valence-electron chi connectivity index (χ3n) is 2.98. The molecule has 1 aromatic rings. The van der Waals surface area contributed by atoms with Gasteiger partial charge in [-0.25, -0.2) is 0 Å². The molecule has 1 heterocycles. The lowest BCUT2D eigenvalue weighted by atomic mass is 10.2. The summed E-state index contributed by atoms with van der Waals surface area (Å²) in [6, 6.07) is 5.07. The average molecular weight is 300 g/mol. The summed E-state index contributed by atoms with van der Waals surface area (Å²) >= 11 is 7.84. The Balaban J connectivity index is 1.92. The zero-order chi connectivity index (χ0) is 13.8. The Morgan fingerprint density at radius 1 is 1.63 bits per heavy atom. The molecule has 6 heteroatoms. The van der Waals surface area contributed by atoms with Crippen LogP contribution in [0, 0.1) is 0 Å². The maximum atomic E-state index is 12.0.